The average Bonchev–Trinajstić information content (AvgIpc) is 2.60. The van der Waals surface area contributed by atoms with Crippen molar-refractivity contribution in [2.45, 2.75) is 17.9 Å². The van der Waals surface area contributed by atoms with Gasteiger partial charge in [0.05, 0.1) is 20.6 Å². The lowest BCUT2D eigenvalue weighted by Gasteiger charge is -2.12. The van der Waals surface area contributed by atoms with Crippen LogP contribution in [0.1, 0.15) is 12.0 Å². The molecular formula is C18H21NO4S. The summed E-state index contributed by atoms with van der Waals surface area (Å²) in [6.45, 7) is 0.443. The summed E-state index contributed by atoms with van der Waals surface area (Å²) in [5.74, 6) is 0.933. The van der Waals surface area contributed by atoms with Gasteiger partial charge in [-0.15, -0.1) is 0 Å². The van der Waals surface area contributed by atoms with Gasteiger partial charge < -0.3 is 19.9 Å². The number of nitrogens with two attached hydrogens (primary N) is 1. The van der Waals surface area contributed by atoms with Crippen LogP contribution in [0.4, 0.5) is 0 Å². The molecule has 0 amide bonds. The second-order valence-electron chi connectivity index (χ2n) is 4.97. The number of hydrogen-bond donors (Lipinski definition) is 2. The molecule has 0 aliphatic rings. The zero-order chi connectivity index (χ0) is 17.4. The van der Waals surface area contributed by atoms with Gasteiger partial charge in [0.2, 0.25) is 0 Å². The number of benzene rings is 2. The van der Waals surface area contributed by atoms with E-state index in [1.165, 1.54) is 7.11 Å². The van der Waals surface area contributed by atoms with Crippen LogP contribution in [0.3, 0.4) is 0 Å². The molecular weight excluding hydrogens is 326 g/mol. The topological polar surface area (TPSA) is 70.8 Å². The van der Waals surface area contributed by atoms with Crippen molar-refractivity contribution >= 4 is 22.3 Å². The van der Waals surface area contributed by atoms with E-state index in [0.717, 1.165) is 21.8 Å². The van der Waals surface area contributed by atoms with Crippen molar-refractivity contribution in [3.8, 4) is 11.5 Å². The predicted octanol–water partition coefficient (Wildman–Crippen LogP) is 2.75. The molecule has 0 unspecified atom stereocenters. The van der Waals surface area contributed by atoms with Gasteiger partial charge in [-0.3, -0.25) is 4.79 Å². The number of carbonyl (C=O) groups excluding carboxylic acids is 1. The van der Waals surface area contributed by atoms with Crippen molar-refractivity contribution in [2.24, 2.45) is 5.73 Å². The Hall–Kier alpha value is -2.31. The molecule has 2 rings (SSSR count). The Morgan fingerprint density at radius 2 is 1.83 bits per heavy atom. The summed E-state index contributed by atoms with van der Waals surface area (Å²) in [5.41, 5.74) is 6.97. The van der Waals surface area contributed by atoms with Gasteiger partial charge in [0.15, 0.2) is 11.5 Å². The molecule has 0 saturated carbocycles. The maximum atomic E-state index is 11.3. The Morgan fingerprint density at radius 3 is 2.50 bits per heavy atom. The highest BCUT2D eigenvalue weighted by atomic mass is 32.1. The van der Waals surface area contributed by atoms with Gasteiger partial charge in [-0.2, -0.15) is 11.4 Å². The molecule has 6 heteroatoms. The molecule has 5 nitrogen and oxygen atoms in total. The van der Waals surface area contributed by atoms with Crippen molar-refractivity contribution in [2.75, 3.05) is 14.2 Å². The normalized spacial score (nSPS) is 11.4. The number of esters is 1. The quantitative estimate of drug-likeness (QED) is 0.458. The zero-order valence-corrected chi connectivity index (χ0v) is 14.6. The molecule has 2 aromatic carbocycles. The minimum atomic E-state index is -0.353. The van der Waals surface area contributed by atoms with E-state index in [0.29, 0.717) is 23.1 Å². The fourth-order valence-corrected chi connectivity index (χ4v) is 2.88. The van der Waals surface area contributed by atoms with Crippen molar-refractivity contribution in [3.05, 3.63) is 54.1 Å². The standard InChI is InChI=1S/C18H21NO4S/c1-21-15-9-8-14(24-17(19)11-18(20)22-2)10-16(15)23-12-13-6-4-3-5-7-13/h3-10,24H,11-12,19H2,1-2H3. The summed E-state index contributed by atoms with van der Waals surface area (Å²) in [4.78, 5) is 12.7. The SMILES string of the molecule is COC(=O)CC(N)=[SH]c1ccc(OC)c(OCc2ccccc2)c1. The van der Waals surface area contributed by atoms with Crippen LogP contribution in [0.15, 0.2) is 53.4 Å². The maximum Gasteiger partial charge on any atom is 0.311 e. The number of thiol groups is 1. The van der Waals surface area contributed by atoms with Crippen molar-refractivity contribution in [3.63, 3.8) is 0 Å². The lowest BCUT2D eigenvalue weighted by molar-refractivity contribution is -0.139. The van der Waals surface area contributed by atoms with E-state index in [1.807, 2.05) is 48.5 Å². The highest BCUT2D eigenvalue weighted by molar-refractivity contribution is 7.98. The number of rotatable bonds is 7. The van der Waals surface area contributed by atoms with E-state index in [-0.39, 0.29) is 12.4 Å². The van der Waals surface area contributed by atoms with Gasteiger partial charge in [0.1, 0.15) is 6.61 Å². The summed E-state index contributed by atoms with van der Waals surface area (Å²) in [5, 5.41) is 0. The Labute approximate surface area is 145 Å². The van der Waals surface area contributed by atoms with E-state index >= 15 is 0 Å². The van der Waals surface area contributed by atoms with Gasteiger partial charge in [-0.1, -0.05) is 30.3 Å². The Kier molecular flexibility index (Phi) is 6.84. The number of hydrogen-bond acceptors (Lipinski definition) is 4. The molecule has 0 bridgehead atoms. The highest BCUT2D eigenvalue weighted by Gasteiger charge is 2.07. The van der Waals surface area contributed by atoms with E-state index < -0.39 is 0 Å². The number of ether oxygens (including phenoxy) is 3. The Bertz CT molecular complexity index is 716. The molecule has 0 atom stereocenters. The van der Waals surface area contributed by atoms with Crippen LogP contribution >= 0.6 is 11.4 Å². The largest absolute Gasteiger partial charge is 0.493 e. The molecule has 2 N–H and O–H groups in total. The second-order valence-corrected chi connectivity index (χ2v) is 6.28. The molecule has 0 heterocycles. The predicted molar refractivity (Wildman–Crippen MR) is 96.8 cm³/mol. The van der Waals surface area contributed by atoms with E-state index in [1.54, 1.807) is 7.11 Å². The van der Waals surface area contributed by atoms with E-state index in [9.17, 15) is 4.79 Å². The second kappa shape index (κ2) is 9.10. The molecule has 0 radical (unpaired) electrons. The van der Waals surface area contributed by atoms with Crippen LogP contribution in [0, 0.1) is 0 Å². The van der Waals surface area contributed by atoms with Crippen LogP contribution in [-0.4, -0.2) is 25.2 Å². The summed E-state index contributed by atoms with van der Waals surface area (Å²) in [6, 6.07) is 15.5. The molecule has 0 fully saturated rings. The molecule has 0 aromatic heterocycles. The average molecular weight is 347 g/mol. The fourth-order valence-electron chi connectivity index (χ4n) is 2.01. The van der Waals surface area contributed by atoms with Crippen LogP contribution < -0.4 is 15.2 Å². The molecule has 0 aliphatic heterocycles. The first-order chi connectivity index (χ1) is 11.6. The first-order valence-corrected chi connectivity index (χ1v) is 8.26. The Morgan fingerprint density at radius 1 is 1.08 bits per heavy atom. The number of methoxy groups -OCH3 is 2. The number of carbonyl (C=O) groups is 1. The molecule has 0 saturated heterocycles. The molecule has 24 heavy (non-hydrogen) atoms. The van der Waals surface area contributed by atoms with Crippen molar-refractivity contribution < 1.29 is 19.0 Å². The van der Waals surface area contributed by atoms with Crippen LogP contribution in [0.25, 0.3) is 0 Å². The summed E-state index contributed by atoms with van der Waals surface area (Å²) in [7, 11) is 2.94. The molecule has 2 aromatic rings. The minimum Gasteiger partial charge on any atom is -0.493 e. The van der Waals surface area contributed by atoms with Crippen LogP contribution in [0.2, 0.25) is 0 Å². The first-order valence-electron chi connectivity index (χ1n) is 7.37. The third-order valence-corrected chi connectivity index (χ3v) is 4.19. The van der Waals surface area contributed by atoms with Gasteiger partial charge in [-0.05, 0) is 23.8 Å². The van der Waals surface area contributed by atoms with Gasteiger partial charge in [-0.25, -0.2) is 0 Å². The molecule has 0 aliphatic carbocycles. The monoisotopic (exact) mass is 347 g/mol. The lowest BCUT2D eigenvalue weighted by Crippen LogP contribution is -2.16. The third-order valence-electron chi connectivity index (χ3n) is 3.21. The van der Waals surface area contributed by atoms with Gasteiger partial charge in [0, 0.05) is 9.88 Å². The summed E-state index contributed by atoms with van der Waals surface area (Å²) in [6.07, 6.45) is 0.0876. The van der Waals surface area contributed by atoms with E-state index in [2.05, 4.69) is 4.74 Å². The first kappa shape index (κ1) is 18.0. The van der Waals surface area contributed by atoms with Gasteiger partial charge in [0.25, 0.3) is 0 Å². The van der Waals surface area contributed by atoms with Gasteiger partial charge >= 0.3 is 5.97 Å². The van der Waals surface area contributed by atoms with Crippen LogP contribution in [-0.2, 0) is 16.1 Å². The minimum absolute atomic E-state index is 0.0876. The maximum absolute atomic E-state index is 11.3. The molecule has 128 valence electrons. The Balaban J connectivity index is 2.14. The zero-order valence-electron chi connectivity index (χ0n) is 13.7. The summed E-state index contributed by atoms with van der Waals surface area (Å²) < 4.78 is 15.8. The smallest absolute Gasteiger partial charge is 0.311 e. The fraction of sp³-hybridized carbons (Fsp3) is 0.222. The lowest BCUT2D eigenvalue weighted by atomic mass is 10.2. The highest BCUT2D eigenvalue weighted by Crippen LogP contribution is 2.31. The summed E-state index contributed by atoms with van der Waals surface area (Å²) >= 11 is 0.749. The third kappa shape index (κ3) is 5.40. The van der Waals surface area contributed by atoms with Crippen molar-refractivity contribution in [1.29, 1.82) is 0 Å². The van der Waals surface area contributed by atoms with Crippen LogP contribution in [0.5, 0.6) is 11.5 Å². The molecule has 0 spiro atoms. The van der Waals surface area contributed by atoms with Crippen molar-refractivity contribution in [1.82, 2.24) is 0 Å². The van der Waals surface area contributed by atoms with E-state index in [4.69, 9.17) is 15.2 Å².